The van der Waals surface area contributed by atoms with Crippen molar-refractivity contribution >= 4 is 11.0 Å². The average molecular weight is 273 g/mol. The molecule has 4 nitrogen and oxygen atoms in total. The Morgan fingerprint density at radius 2 is 2.10 bits per heavy atom. The van der Waals surface area contributed by atoms with Crippen molar-refractivity contribution in [2.24, 2.45) is 0 Å². The molecule has 2 aromatic rings. The molecule has 0 amide bonds. The Morgan fingerprint density at radius 3 is 2.80 bits per heavy atom. The molecular formula is C16H23N3O. The Morgan fingerprint density at radius 1 is 1.30 bits per heavy atom. The highest BCUT2D eigenvalue weighted by atomic mass is 16.5. The molecule has 0 bridgehead atoms. The highest BCUT2D eigenvalue weighted by molar-refractivity contribution is 5.76. The first-order valence-electron chi connectivity index (χ1n) is 7.62. The fourth-order valence-corrected chi connectivity index (χ4v) is 2.97. The molecule has 108 valence electrons. The predicted molar refractivity (Wildman–Crippen MR) is 80.9 cm³/mol. The number of morpholine rings is 1. The lowest BCUT2D eigenvalue weighted by atomic mass is 10.1. The maximum atomic E-state index is 5.45. The summed E-state index contributed by atoms with van der Waals surface area (Å²) in [6.07, 6.45) is 2.13. The topological polar surface area (TPSA) is 41.2 Å². The highest BCUT2D eigenvalue weighted by Crippen LogP contribution is 2.25. The minimum absolute atomic E-state index is 0.372. The van der Waals surface area contributed by atoms with Crippen molar-refractivity contribution in [3.05, 3.63) is 29.6 Å². The summed E-state index contributed by atoms with van der Waals surface area (Å²) < 4.78 is 5.45. The standard InChI is InChI=1S/C16H23N3O/c1-3-12-5-6-13-14(11-12)18-16(17-13)15(4-2)19-7-9-20-10-8-19/h5-6,11,15H,3-4,7-10H2,1-2H3,(H,17,18). The fourth-order valence-electron chi connectivity index (χ4n) is 2.97. The zero-order valence-electron chi connectivity index (χ0n) is 12.4. The Balaban J connectivity index is 1.90. The summed E-state index contributed by atoms with van der Waals surface area (Å²) in [6, 6.07) is 6.89. The van der Waals surface area contributed by atoms with Crippen LogP contribution < -0.4 is 0 Å². The van der Waals surface area contributed by atoms with E-state index >= 15 is 0 Å². The molecule has 2 heterocycles. The van der Waals surface area contributed by atoms with Gasteiger partial charge in [-0.15, -0.1) is 0 Å². The number of aromatic amines is 1. The predicted octanol–water partition coefficient (Wildman–Crippen LogP) is 2.91. The molecule has 1 unspecified atom stereocenters. The Bertz CT molecular complexity index is 572. The number of hydrogen-bond donors (Lipinski definition) is 1. The van der Waals surface area contributed by atoms with E-state index in [9.17, 15) is 0 Å². The SMILES string of the molecule is CCc1ccc2nc(C(CC)N3CCOCC3)[nH]c2c1. The lowest BCUT2D eigenvalue weighted by Crippen LogP contribution is -2.39. The van der Waals surface area contributed by atoms with Crippen LogP contribution in [0.4, 0.5) is 0 Å². The van der Waals surface area contributed by atoms with E-state index in [2.05, 4.69) is 41.9 Å². The van der Waals surface area contributed by atoms with Crippen molar-refractivity contribution in [1.29, 1.82) is 0 Å². The third-order valence-electron chi connectivity index (χ3n) is 4.16. The molecule has 0 saturated carbocycles. The molecule has 0 radical (unpaired) electrons. The van der Waals surface area contributed by atoms with E-state index in [-0.39, 0.29) is 0 Å². The molecule has 1 aliphatic rings. The van der Waals surface area contributed by atoms with E-state index in [1.165, 1.54) is 5.56 Å². The largest absolute Gasteiger partial charge is 0.379 e. The van der Waals surface area contributed by atoms with Crippen LogP contribution in [0.5, 0.6) is 0 Å². The number of fused-ring (bicyclic) bond motifs is 1. The number of aromatic nitrogens is 2. The van der Waals surface area contributed by atoms with Gasteiger partial charge >= 0.3 is 0 Å². The van der Waals surface area contributed by atoms with Gasteiger partial charge in [0.1, 0.15) is 5.82 Å². The lowest BCUT2D eigenvalue weighted by Gasteiger charge is -2.32. The Kier molecular flexibility index (Phi) is 4.03. The van der Waals surface area contributed by atoms with E-state index in [0.29, 0.717) is 6.04 Å². The molecule has 0 spiro atoms. The second kappa shape index (κ2) is 5.94. The molecule has 3 rings (SSSR count). The second-order valence-corrected chi connectivity index (χ2v) is 5.40. The molecule has 1 fully saturated rings. The molecule has 0 aliphatic carbocycles. The van der Waals surface area contributed by atoms with Crippen molar-refractivity contribution < 1.29 is 4.74 Å². The van der Waals surface area contributed by atoms with E-state index in [0.717, 1.165) is 56.0 Å². The van der Waals surface area contributed by atoms with Crippen LogP contribution in [0.25, 0.3) is 11.0 Å². The zero-order valence-corrected chi connectivity index (χ0v) is 12.4. The maximum absolute atomic E-state index is 5.45. The van der Waals surface area contributed by atoms with E-state index in [1.54, 1.807) is 0 Å². The molecular weight excluding hydrogens is 250 g/mol. The van der Waals surface area contributed by atoms with Crippen LogP contribution in [0.1, 0.15) is 37.7 Å². The van der Waals surface area contributed by atoms with Gasteiger partial charge in [0, 0.05) is 13.1 Å². The van der Waals surface area contributed by atoms with Gasteiger partial charge in [0.2, 0.25) is 0 Å². The third kappa shape index (κ3) is 2.58. The molecule has 4 heteroatoms. The lowest BCUT2D eigenvalue weighted by molar-refractivity contribution is 0.0136. The monoisotopic (exact) mass is 273 g/mol. The molecule has 1 aromatic carbocycles. The van der Waals surface area contributed by atoms with Crippen molar-refractivity contribution in [3.63, 3.8) is 0 Å². The minimum atomic E-state index is 0.372. The molecule has 1 atom stereocenters. The summed E-state index contributed by atoms with van der Waals surface area (Å²) in [5.41, 5.74) is 3.59. The average Bonchev–Trinajstić information content (AvgIpc) is 2.91. The number of aryl methyl sites for hydroxylation is 1. The number of imidazole rings is 1. The Labute approximate surface area is 120 Å². The van der Waals surface area contributed by atoms with Crippen LogP contribution in [0.15, 0.2) is 18.2 Å². The summed E-state index contributed by atoms with van der Waals surface area (Å²) in [6.45, 7) is 8.06. The van der Waals surface area contributed by atoms with E-state index in [1.807, 2.05) is 0 Å². The van der Waals surface area contributed by atoms with E-state index < -0.39 is 0 Å². The smallest absolute Gasteiger partial charge is 0.124 e. The van der Waals surface area contributed by atoms with Crippen LogP contribution in [0.3, 0.4) is 0 Å². The van der Waals surface area contributed by atoms with Gasteiger partial charge < -0.3 is 9.72 Å². The number of hydrogen-bond acceptors (Lipinski definition) is 3. The molecule has 20 heavy (non-hydrogen) atoms. The first-order chi connectivity index (χ1) is 9.81. The molecule has 1 N–H and O–H groups in total. The number of rotatable bonds is 4. The number of benzene rings is 1. The number of nitrogens with one attached hydrogen (secondary N) is 1. The quantitative estimate of drug-likeness (QED) is 0.931. The second-order valence-electron chi connectivity index (χ2n) is 5.40. The van der Waals surface area contributed by atoms with Crippen LogP contribution in [0, 0.1) is 0 Å². The van der Waals surface area contributed by atoms with Gasteiger partial charge in [0.05, 0.1) is 30.3 Å². The zero-order chi connectivity index (χ0) is 13.9. The molecule has 1 aromatic heterocycles. The van der Waals surface area contributed by atoms with Gasteiger partial charge in [-0.2, -0.15) is 0 Å². The number of ether oxygens (including phenoxy) is 1. The maximum Gasteiger partial charge on any atom is 0.124 e. The summed E-state index contributed by atoms with van der Waals surface area (Å²) in [7, 11) is 0. The number of nitrogens with zero attached hydrogens (tertiary/aromatic N) is 2. The van der Waals surface area contributed by atoms with Crippen molar-refractivity contribution in [1.82, 2.24) is 14.9 Å². The first kappa shape index (κ1) is 13.6. The minimum Gasteiger partial charge on any atom is -0.379 e. The number of H-pyrrole nitrogens is 1. The Hall–Kier alpha value is -1.39. The summed E-state index contributed by atoms with van der Waals surface area (Å²) in [4.78, 5) is 10.8. The van der Waals surface area contributed by atoms with Crippen molar-refractivity contribution in [2.45, 2.75) is 32.7 Å². The molecule has 1 saturated heterocycles. The van der Waals surface area contributed by atoms with Gasteiger partial charge in [-0.25, -0.2) is 4.98 Å². The van der Waals surface area contributed by atoms with Crippen molar-refractivity contribution in [2.75, 3.05) is 26.3 Å². The third-order valence-corrected chi connectivity index (χ3v) is 4.16. The van der Waals surface area contributed by atoms with Gasteiger partial charge in [-0.1, -0.05) is 19.9 Å². The summed E-state index contributed by atoms with van der Waals surface area (Å²) in [5, 5.41) is 0. The van der Waals surface area contributed by atoms with Crippen LogP contribution in [-0.2, 0) is 11.2 Å². The molecule has 1 aliphatic heterocycles. The highest BCUT2D eigenvalue weighted by Gasteiger charge is 2.23. The van der Waals surface area contributed by atoms with Gasteiger partial charge in [-0.05, 0) is 30.5 Å². The van der Waals surface area contributed by atoms with Gasteiger partial charge in [0.25, 0.3) is 0 Å². The normalized spacial score (nSPS) is 18.5. The first-order valence-corrected chi connectivity index (χ1v) is 7.62. The van der Waals surface area contributed by atoms with Crippen molar-refractivity contribution in [3.8, 4) is 0 Å². The van der Waals surface area contributed by atoms with Gasteiger partial charge in [-0.3, -0.25) is 4.90 Å². The summed E-state index contributed by atoms with van der Waals surface area (Å²) in [5.74, 6) is 1.10. The van der Waals surface area contributed by atoms with Gasteiger partial charge in [0.15, 0.2) is 0 Å². The fraction of sp³-hybridized carbons (Fsp3) is 0.562. The summed E-state index contributed by atoms with van der Waals surface area (Å²) >= 11 is 0. The van der Waals surface area contributed by atoms with E-state index in [4.69, 9.17) is 9.72 Å². The van der Waals surface area contributed by atoms with Crippen LogP contribution >= 0.6 is 0 Å². The van der Waals surface area contributed by atoms with Crippen LogP contribution in [0.2, 0.25) is 0 Å². The van der Waals surface area contributed by atoms with Crippen LogP contribution in [-0.4, -0.2) is 41.2 Å².